The Balaban J connectivity index is 2.21. The Morgan fingerprint density at radius 3 is 2.56 bits per heavy atom. The third-order valence-corrected chi connectivity index (χ3v) is 4.57. The summed E-state index contributed by atoms with van der Waals surface area (Å²) in [7, 11) is 2.99. The monoisotopic (exact) mass is 345 g/mol. The van der Waals surface area contributed by atoms with E-state index in [2.05, 4.69) is 0 Å². The highest BCUT2D eigenvalue weighted by Crippen LogP contribution is 2.40. The number of nitrogens with zero attached hydrogens (tertiary/aromatic N) is 1. The van der Waals surface area contributed by atoms with Crippen LogP contribution in [0.25, 0.3) is 11.1 Å². The standard InChI is InChI=1S/C19H23NO5/c1-12-9-14(21)11-25-17(12)16-18(23-2)15(10-20(24-3)19(16)22)13-7-5-4-6-8-13/h4-8,10,12,14,17,21H,9,11H2,1-3H3/t12-,14+,17-/m1/s1. The molecule has 1 fully saturated rings. The Hall–Kier alpha value is -2.31. The van der Waals surface area contributed by atoms with E-state index in [0.29, 0.717) is 17.7 Å². The SMILES string of the molecule is COc1c(-c2ccccc2)cn(OC)c(=O)c1[C@@H]1OC[C@@H](O)C[C@H]1C. The number of rotatable bonds is 4. The number of ether oxygens (including phenoxy) is 2. The van der Waals surface area contributed by atoms with Crippen molar-refractivity contribution in [3.05, 3.63) is 52.4 Å². The summed E-state index contributed by atoms with van der Waals surface area (Å²) >= 11 is 0. The van der Waals surface area contributed by atoms with Crippen molar-refractivity contribution < 1.29 is 19.4 Å². The highest BCUT2D eigenvalue weighted by molar-refractivity contribution is 5.71. The molecule has 1 saturated heterocycles. The summed E-state index contributed by atoms with van der Waals surface area (Å²) in [6, 6.07) is 9.67. The maximum absolute atomic E-state index is 12.9. The number of pyridine rings is 1. The second-order valence-electron chi connectivity index (χ2n) is 6.29. The second kappa shape index (κ2) is 7.29. The van der Waals surface area contributed by atoms with Crippen molar-refractivity contribution in [2.75, 3.05) is 20.8 Å². The number of aromatic nitrogens is 1. The predicted octanol–water partition coefficient (Wildman–Crippen LogP) is 2.04. The van der Waals surface area contributed by atoms with Crippen molar-refractivity contribution in [3.8, 4) is 16.9 Å². The molecule has 0 unspecified atom stereocenters. The number of methoxy groups -OCH3 is 1. The first-order valence-corrected chi connectivity index (χ1v) is 8.30. The molecule has 0 aliphatic carbocycles. The van der Waals surface area contributed by atoms with E-state index >= 15 is 0 Å². The molecule has 1 aliphatic heterocycles. The Morgan fingerprint density at radius 2 is 1.96 bits per heavy atom. The fourth-order valence-corrected chi connectivity index (χ4v) is 3.39. The summed E-state index contributed by atoms with van der Waals surface area (Å²) in [6.07, 6.45) is 1.22. The lowest BCUT2D eigenvalue weighted by molar-refractivity contribution is -0.0884. The van der Waals surface area contributed by atoms with Crippen LogP contribution in [-0.2, 0) is 4.74 Å². The molecule has 0 saturated carbocycles. The summed E-state index contributed by atoms with van der Waals surface area (Å²) in [4.78, 5) is 18.1. The Morgan fingerprint density at radius 1 is 1.24 bits per heavy atom. The molecule has 0 bridgehead atoms. The number of hydrogen-bond donors (Lipinski definition) is 1. The van der Waals surface area contributed by atoms with Crippen molar-refractivity contribution >= 4 is 0 Å². The predicted molar refractivity (Wildman–Crippen MR) is 93.7 cm³/mol. The summed E-state index contributed by atoms with van der Waals surface area (Å²) in [6.45, 7) is 2.15. The van der Waals surface area contributed by atoms with Gasteiger partial charge in [-0.25, -0.2) is 0 Å². The van der Waals surface area contributed by atoms with Crippen molar-refractivity contribution in [3.63, 3.8) is 0 Å². The molecule has 3 rings (SSSR count). The first-order valence-electron chi connectivity index (χ1n) is 8.30. The third-order valence-electron chi connectivity index (χ3n) is 4.57. The quantitative estimate of drug-likeness (QED) is 0.918. The van der Waals surface area contributed by atoms with Gasteiger partial charge in [-0.1, -0.05) is 37.3 Å². The highest BCUT2D eigenvalue weighted by atomic mass is 16.6. The minimum atomic E-state index is -0.515. The zero-order valence-electron chi connectivity index (χ0n) is 14.6. The molecule has 0 spiro atoms. The molecule has 134 valence electrons. The van der Waals surface area contributed by atoms with Gasteiger partial charge >= 0.3 is 0 Å². The Kier molecular flexibility index (Phi) is 5.11. The van der Waals surface area contributed by atoms with Gasteiger partial charge in [0.05, 0.1) is 37.7 Å². The molecule has 6 nitrogen and oxygen atoms in total. The van der Waals surface area contributed by atoms with Gasteiger partial charge in [0.2, 0.25) is 0 Å². The second-order valence-corrected chi connectivity index (χ2v) is 6.29. The summed E-state index contributed by atoms with van der Waals surface area (Å²) in [5.74, 6) is 0.458. The van der Waals surface area contributed by atoms with Crippen LogP contribution in [0.4, 0.5) is 0 Å². The van der Waals surface area contributed by atoms with E-state index in [1.807, 2.05) is 37.3 Å². The van der Waals surface area contributed by atoms with Gasteiger partial charge in [-0.3, -0.25) is 4.79 Å². The molecule has 6 heteroatoms. The fraction of sp³-hybridized carbons (Fsp3) is 0.421. The summed E-state index contributed by atoms with van der Waals surface area (Å²) in [5.41, 5.74) is 1.77. The van der Waals surface area contributed by atoms with E-state index in [4.69, 9.17) is 14.3 Å². The molecule has 25 heavy (non-hydrogen) atoms. The van der Waals surface area contributed by atoms with E-state index in [-0.39, 0.29) is 18.1 Å². The Labute approximate surface area is 146 Å². The molecule has 1 N–H and O–H groups in total. The minimum Gasteiger partial charge on any atom is -0.495 e. The van der Waals surface area contributed by atoms with Gasteiger partial charge in [-0.05, 0) is 17.9 Å². The van der Waals surface area contributed by atoms with Gasteiger partial charge in [0.25, 0.3) is 5.56 Å². The van der Waals surface area contributed by atoms with Crippen LogP contribution in [-0.4, -0.2) is 36.8 Å². The minimum absolute atomic E-state index is 0.0262. The molecular weight excluding hydrogens is 322 g/mol. The normalized spacial score (nSPS) is 23.3. The molecule has 2 aromatic rings. The smallest absolute Gasteiger partial charge is 0.292 e. The number of benzene rings is 1. The molecule has 0 radical (unpaired) electrons. The van der Waals surface area contributed by atoms with E-state index in [0.717, 1.165) is 11.1 Å². The lowest BCUT2D eigenvalue weighted by atomic mass is 9.89. The number of aliphatic hydroxyl groups excluding tert-OH is 1. The molecule has 1 aromatic heterocycles. The average Bonchev–Trinajstić information content (AvgIpc) is 2.62. The first-order chi connectivity index (χ1) is 12.1. The van der Waals surface area contributed by atoms with E-state index < -0.39 is 12.2 Å². The topological polar surface area (TPSA) is 69.9 Å². The Bertz CT molecular complexity index is 786. The molecule has 3 atom stereocenters. The van der Waals surface area contributed by atoms with Crippen LogP contribution in [0.5, 0.6) is 5.75 Å². The molecule has 1 aliphatic rings. The van der Waals surface area contributed by atoms with Crippen molar-refractivity contribution in [1.29, 1.82) is 0 Å². The summed E-state index contributed by atoms with van der Waals surface area (Å²) < 4.78 is 12.6. The van der Waals surface area contributed by atoms with Crippen molar-refractivity contribution in [2.45, 2.75) is 25.6 Å². The van der Waals surface area contributed by atoms with E-state index in [9.17, 15) is 9.90 Å². The van der Waals surface area contributed by atoms with Gasteiger partial charge in [0, 0.05) is 5.56 Å². The van der Waals surface area contributed by atoms with Crippen LogP contribution in [0.3, 0.4) is 0 Å². The van der Waals surface area contributed by atoms with Crippen molar-refractivity contribution in [2.24, 2.45) is 5.92 Å². The van der Waals surface area contributed by atoms with Gasteiger partial charge in [-0.15, -0.1) is 0 Å². The average molecular weight is 345 g/mol. The van der Waals surface area contributed by atoms with Gasteiger partial charge in [-0.2, -0.15) is 4.73 Å². The van der Waals surface area contributed by atoms with Crippen LogP contribution in [0.15, 0.2) is 41.3 Å². The largest absolute Gasteiger partial charge is 0.495 e. The van der Waals surface area contributed by atoms with Crippen LogP contribution < -0.4 is 15.1 Å². The number of aliphatic hydroxyl groups is 1. The number of hydrogen-bond acceptors (Lipinski definition) is 5. The molecule has 0 amide bonds. The van der Waals surface area contributed by atoms with Crippen LogP contribution in [0.2, 0.25) is 0 Å². The first kappa shape index (κ1) is 17.5. The fourth-order valence-electron chi connectivity index (χ4n) is 3.39. The maximum Gasteiger partial charge on any atom is 0.292 e. The lowest BCUT2D eigenvalue weighted by Crippen LogP contribution is -2.37. The van der Waals surface area contributed by atoms with E-state index in [1.54, 1.807) is 13.3 Å². The molecular formula is C19H23NO5. The highest BCUT2D eigenvalue weighted by Gasteiger charge is 2.34. The molecule has 1 aromatic carbocycles. The van der Waals surface area contributed by atoms with Crippen LogP contribution in [0, 0.1) is 5.92 Å². The lowest BCUT2D eigenvalue weighted by Gasteiger charge is -2.33. The third kappa shape index (κ3) is 3.27. The van der Waals surface area contributed by atoms with Gasteiger partial charge in [0.15, 0.2) is 0 Å². The van der Waals surface area contributed by atoms with Crippen LogP contribution in [0.1, 0.15) is 25.0 Å². The summed E-state index contributed by atoms with van der Waals surface area (Å²) in [5, 5.41) is 9.81. The van der Waals surface area contributed by atoms with Crippen molar-refractivity contribution in [1.82, 2.24) is 4.73 Å². The zero-order chi connectivity index (χ0) is 18.0. The van der Waals surface area contributed by atoms with E-state index in [1.165, 1.54) is 11.8 Å². The zero-order valence-corrected chi connectivity index (χ0v) is 14.6. The van der Waals surface area contributed by atoms with Crippen LogP contribution >= 0.6 is 0 Å². The maximum atomic E-state index is 12.9. The van der Waals surface area contributed by atoms with Gasteiger partial charge < -0.3 is 19.4 Å². The van der Waals surface area contributed by atoms with Gasteiger partial charge in [0.1, 0.15) is 12.9 Å². The molecule has 2 heterocycles.